The molecule has 1 heterocycles. The minimum absolute atomic E-state index is 0.194. The Balaban J connectivity index is 0.00000236. The first kappa shape index (κ1) is 63.5. The Kier molecular flexibility index (Phi) is 13.6. The lowest BCUT2D eigenvalue weighted by molar-refractivity contribution is 0.448. The summed E-state index contributed by atoms with van der Waals surface area (Å²) in [6.07, 6.45) is 0. The molecule has 111 heavy (non-hydrogen) atoms. The molecule has 0 N–H and O–H groups in total. The van der Waals surface area contributed by atoms with E-state index < -0.39 is 23.0 Å². The summed E-state index contributed by atoms with van der Waals surface area (Å²) in [5.41, 5.74) is 0. The number of hydrogen-bond acceptors (Lipinski definition) is 9. The second kappa shape index (κ2) is 23.8. The average molecular weight is 1520 g/mol. The second-order valence-electron chi connectivity index (χ2n) is 28.9. The molecule has 1 aliphatic heterocycles. The lowest BCUT2D eigenvalue weighted by atomic mass is 9.94. The summed E-state index contributed by atoms with van der Waals surface area (Å²) < 4.78 is 68.6. The Hall–Kier alpha value is -12.4. The largest absolute Gasteiger partial charge is 0.460 e. The highest BCUT2D eigenvalue weighted by atomic mass is 35.5. The lowest BCUT2D eigenvalue weighted by Gasteiger charge is -2.34. The van der Waals surface area contributed by atoms with Gasteiger partial charge in [0, 0.05) is 64.6 Å². The maximum Gasteiger partial charge on any atom is 0.460 e. The Morgan fingerprint density at radius 1 is 0.162 bits per heavy atom. The molecule has 0 spiro atoms. The van der Waals surface area contributed by atoms with E-state index in [1.807, 2.05) is 36.4 Å². The number of benzene rings is 24. The van der Waals surface area contributed by atoms with Gasteiger partial charge in [-0.1, -0.05) is 268 Å². The average Bonchev–Trinajstić information content (AvgIpc) is 0.680. The topological polar surface area (TPSA) is 92.5 Å². The molecule has 14 heteroatoms. The Morgan fingerprint density at radius 2 is 0.279 bits per heavy atom. The van der Waals surface area contributed by atoms with E-state index in [-0.39, 0.29) is 5.34 Å². The van der Waals surface area contributed by atoms with Crippen molar-refractivity contribution in [1.29, 1.82) is 0 Å². The Morgan fingerprint density at radius 3 is 0.423 bits per heavy atom. The molecule has 0 saturated heterocycles. The van der Waals surface area contributed by atoms with Crippen LogP contribution >= 0.6 is 46.2 Å². The summed E-state index contributed by atoms with van der Waals surface area (Å²) in [4.78, 5) is 0. The molecule has 0 atom stereocenters. The lowest BCUT2D eigenvalue weighted by Crippen LogP contribution is -2.12. The molecule has 0 unspecified atom stereocenters. The molecular weight excluding hydrogens is 1470 g/mol. The van der Waals surface area contributed by atoms with Crippen LogP contribution in [0.2, 0.25) is 0 Å². The summed E-state index contributed by atoms with van der Waals surface area (Å²) in [6.45, 7) is 0. The van der Waals surface area contributed by atoms with Crippen LogP contribution in [-0.2, 0) is 0 Å². The number of rotatable bonds is 12. The molecule has 0 aliphatic carbocycles. The predicted molar refractivity (Wildman–Crippen MR) is 469 cm³/mol. The van der Waals surface area contributed by atoms with Gasteiger partial charge in [-0.15, -0.1) is 23.2 Å². The fraction of sp³-hybridized carbons (Fsp3) is 0.0103. The van der Waals surface area contributed by atoms with E-state index in [9.17, 15) is 0 Å². The minimum atomic E-state index is -4.72. The van der Waals surface area contributed by atoms with Crippen molar-refractivity contribution >= 4 is 240 Å². The maximum atomic E-state index is 8.31. The van der Waals surface area contributed by atoms with Gasteiger partial charge in [-0.3, -0.25) is 0 Å². The third kappa shape index (κ3) is 9.55. The summed E-state index contributed by atoms with van der Waals surface area (Å²) in [7, 11) is -14.2. The molecule has 25 rings (SSSR count). The van der Waals surface area contributed by atoms with E-state index >= 15 is 0 Å². The summed E-state index contributed by atoms with van der Waals surface area (Å²) in [6, 6.07) is 116. The Bertz CT molecular complexity index is 6920. The number of hydrogen-bond donors (Lipinski definition) is 0. The molecule has 0 radical (unpaired) electrons. The first-order valence-electron chi connectivity index (χ1n) is 36.9. The molecule has 0 saturated carbocycles. The van der Waals surface area contributed by atoms with E-state index in [4.69, 9.17) is 63.9 Å². The van der Waals surface area contributed by atoms with Gasteiger partial charge < -0.3 is 27.1 Å². The number of alkyl halides is 2. The zero-order valence-corrected chi connectivity index (χ0v) is 63.0. The molecule has 1 aliphatic rings. The fourth-order valence-corrected chi connectivity index (χ4v) is 27.4. The molecule has 0 bridgehead atoms. The van der Waals surface area contributed by atoms with Gasteiger partial charge in [0.25, 0.3) is 0 Å². The normalized spacial score (nSPS) is 14.3. The van der Waals surface area contributed by atoms with Crippen molar-refractivity contribution in [3.8, 4) is 34.5 Å². The fourth-order valence-electron chi connectivity index (χ4n) is 18.3. The van der Waals surface area contributed by atoms with Crippen molar-refractivity contribution in [3.63, 3.8) is 0 Å². The van der Waals surface area contributed by atoms with Crippen LogP contribution in [0, 0.1) is 0 Å². The summed E-state index contributed by atoms with van der Waals surface area (Å²) in [5.74, 6) is 2.80. The monoisotopic (exact) mass is 1520 g/mol. The molecule has 0 fully saturated rings. The predicted octanol–water partition coefficient (Wildman–Crippen LogP) is 31.1. The van der Waals surface area contributed by atoms with Crippen molar-refractivity contribution < 1.29 is 27.1 Å². The van der Waals surface area contributed by atoms with Crippen LogP contribution in [0.25, 0.3) is 194 Å². The van der Waals surface area contributed by atoms with Gasteiger partial charge >= 0.3 is 23.0 Å². The highest BCUT2D eigenvalue weighted by Gasteiger charge is 2.50. The zero-order valence-electron chi connectivity index (χ0n) is 58.8. The first-order chi connectivity index (χ1) is 54.7. The Labute approximate surface area is 643 Å². The van der Waals surface area contributed by atoms with Crippen molar-refractivity contribution in [1.82, 2.24) is 0 Å². The number of nitrogens with zero attached hydrogens (tertiary/aromatic N) is 3. The van der Waals surface area contributed by atoms with Crippen molar-refractivity contribution in [2.45, 2.75) is 0 Å². The van der Waals surface area contributed by atoms with Crippen LogP contribution in [-0.4, -0.2) is 5.34 Å². The van der Waals surface area contributed by atoms with E-state index in [0.29, 0.717) is 34.5 Å². The van der Waals surface area contributed by atoms with Crippen molar-refractivity contribution in [2.75, 3.05) is 5.34 Å². The summed E-state index contributed by atoms with van der Waals surface area (Å²) in [5, 5.41) is 37.5. The zero-order chi connectivity index (χ0) is 73.0. The standard InChI is InChI=1S/C96H54N3O6P3.CH2Cl2/c1-7-55-19-25-67-37-49-79(73-43-31-61(13-1)85(55)91(67)73)100-106(101-80-50-38-68-26-20-56-8-2-14-62-32-44-74(80)92(68)86(56)62)97-107(102-81-51-39-69-27-21-57-9-3-15-63-33-45-75(81)93(69)87(57)63,103-82-52-40-70-28-22-58-10-4-16-64-34-46-76(82)94(70)88(58)64)99-108(98-106,104-83-53-41-71-29-23-59-11-5-17-65-35-47-77(83)95(71)89(59)65)105-84-54-42-72-30-24-60-12-6-18-66-36-48-78(84)96(72)90(60)66;2-1-3/h1-54H;1H2. The molecule has 524 valence electrons. The highest BCUT2D eigenvalue weighted by Crippen LogP contribution is 2.80. The smallest absolute Gasteiger partial charge is 0.413 e. The van der Waals surface area contributed by atoms with E-state index in [1.54, 1.807) is 0 Å². The van der Waals surface area contributed by atoms with E-state index in [2.05, 4.69) is 291 Å². The van der Waals surface area contributed by atoms with Crippen LogP contribution in [0.3, 0.4) is 0 Å². The molecular formula is C97H56Cl2N3O6P3. The van der Waals surface area contributed by atoms with E-state index in [0.717, 1.165) is 194 Å². The SMILES string of the molecule is ClCCl.c1cc2ccc3ccc(OP4(Oc5ccc6ccc7cccc8ccc5c6c78)=NP(Oc5ccc6ccc7cccc8ccc5c6c78)(Oc5ccc6ccc7cccc8ccc5c6c78)=NP(Oc5ccc6ccc7cccc8ccc5c6c78)(Oc5ccc6ccc7cccc8ccc5c6c78)=N4)c4ccc(c1)c2c34. The molecule has 9 nitrogen and oxygen atoms in total. The van der Waals surface area contributed by atoms with Crippen LogP contribution in [0.15, 0.2) is 341 Å². The minimum Gasteiger partial charge on any atom is -0.413 e. The molecule has 24 aromatic carbocycles. The van der Waals surface area contributed by atoms with Crippen molar-refractivity contribution in [2.24, 2.45) is 13.5 Å². The van der Waals surface area contributed by atoms with Gasteiger partial charge in [0.1, 0.15) is 34.5 Å². The van der Waals surface area contributed by atoms with Crippen molar-refractivity contribution in [3.05, 3.63) is 328 Å². The quantitative estimate of drug-likeness (QED) is 0.0687. The van der Waals surface area contributed by atoms with Gasteiger partial charge in [-0.2, -0.15) is 0 Å². The van der Waals surface area contributed by atoms with Gasteiger partial charge in [-0.05, 0) is 202 Å². The van der Waals surface area contributed by atoms with Crippen LogP contribution < -0.4 is 27.1 Å². The first-order valence-corrected chi connectivity index (χ1v) is 42.6. The number of halogens is 2. The highest BCUT2D eigenvalue weighted by molar-refractivity contribution is 7.79. The van der Waals surface area contributed by atoms with Gasteiger partial charge in [0.2, 0.25) is 0 Å². The van der Waals surface area contributed by atoms with Crippen LogP contribution in [0.1, 0.15) is 0 Å². The third-order valence-electron chi connectivity index (χ3n) is 22.9. The van der Waals surface area contributed by atoms with E-state index in [1.165, 1.54) is 0 Å². The van der Waals surface area contributed by atoms with Crippen LogP contribution in [0.5, 0.6) is 34.5 Å². The second-order valence-corrected chi connectivity index (χ2v) is 35.9. The maximum absolute atomic E-state index is 8.31. The third-order valence-corrected chi connectivity index (χ3v) is 30.9. The molecule has 0 aromatic heterocycles. The summed E-state index contributed by atoms with van der Waals surface area (Å²) >= 11 is 9.53. The van der Waals surface area contributed by atoms with Gasteiger partial charge in [0.15, 0.2) is 0 Å². The molecule has 0 amide bonds. The molecule has 24 aromatic rings. The van der Waals surface area contributed by atoms with Crippen LogP contribution in [0.4, 0.5) is 0 Å². The van der Waals surface area contributed by atoms with Gasteiger partial charge in [-0.25, -0.2) is 0 Å². The van der Waals surface area contributed by atoms with Gasteiger partial charge in [0.05, 0.1) is 5.34 Å².